The summed E-state index contributed by atoms with van der Waals surface area (Å²) in [6, 6.07) is 1.45. The minimum atomic E-state index is -0.366. The number of anilines is 1. The third-order valence-corrected chi connectivity index (χ3v) is 2.01. The molecule has 12 heavy (non-hydrogen) atoms. The lowest BCUT2D eigenvalue weighted by molar-refractivity contribution is 0.350. The molecule has 0 saturated carbocycles. The lowest BCUT2D eigenvalue weighted by Gasteiger charge is -2.08. The van der Waals surface area contributed by atoms with E-state index in [-0.39, 0.29) is 22.9 Å². The first-order chi connectivity index (χ1) is 5.57. The van der Waals surface area contributed by atoms with Crippen LogP contribution in [0.15, 0.2) is 10.5 Å². The van der Waals surface area contributed by atoms with Crippen LogP contribution in [-0.4, -0.2) is 17.3 Å². The lowest BCUT2D eigenvalue weighted by Crippen LogP contribution is -1.90. The van der Waals surface area contributed by atoms with Crippen molar-refractivity contribution in [2.24, 2.45) is 0 Å². The van der Waals surface area contributed by atoms with Gasteiger partial charge < -0.3 is 20.7 Å². The summed E-state index contributed by atoms with van der Waals surface area (Å²) in [5, 5.41) is 18.4. The number of ether oxygens (including phenoxy) is 1. The lowest BCUT2D eigenvalue weighted by atomic mass is 10.2. The van der Waals surface area contributed by atoms with Gasteiger partial charge in [-0.25, -0.2) is 0 Å². The molecule has 0 heterocycles. The number of halogens is 1. The van der Waals surface area contributed by atoms with Gasteiger partial charge in [0, 0.05) is 0 Å². The minimum Gasteiger partial charge on any atom is -0.503 e. The van der Waals surface area contributed by atoms with E-state index >= 15 is 0 Å². The molecular formula is C7H8BrNO3. The molecule has 0 spiro atoms. The fourth-order valence-corrected chi connectivity index (χ4v) is 1.42. The van der Waals surface area contributed by atoms with Gasteiger partial charge in [0.25, 0.3) is 0 Å². The Kier molecular flexibility index (Phi) is 2.32. The highest BCUT2D eigenvalue weighted by Gasteiger charge is 2.14. The number of phenolic OH excluding ortho intramolecular Hbond substituents is 2. The van der Waals surface area contributed by atoms with Gasteiger partial charge in [-0.05, 0) is 22.0 Å². The van der Waals surface area contributed by atoms with Crippen molar-refractivity contribution in [3.05, 3.63) is 10.5 Å². The highest BCUT2D eigenvalue weighted by Crippen LogP contribution is 2.44. The van der Waals surface area contributed by atoms with Crippen LogP contribution < -0.4 is 10.5 Å². The molecular weight excluding hydrogens is 226 g/mol. The molecule has 1 aromatic rings. The van der Waals surface area contributed by atoms with E-state index in [1.165, 1.54) is 13.2 Å². The van der Waals surface area contributed by atoms with Crippen LogP contribution in [-0.2, 0) is 0 Å². The number of nitrogens with two attached hydrogens (primary N) is 1. The summed E-state index contributed by atoms with van der Waals surface area (Å²) in [6.45, 7) is 0. The van der Waals surface area contributed by atoms with Gasteiger partial charge in [0.2, 0.25) is 5.75 Å². The highest BCUT2D eigenvalue weighted by molar-refractivity contribution is 9.10. The fourth-order valence-electron chi connectivity index (χ4n) is 0.822. The zero-order chi connectivity index (χ0) is 9.30. The Morgan fingerprint density at radius 1 is 1.42 bits per heavy atom. The number of hydrogen-bond donors (Lipinski definition) is 3. The second-order valence-electron chi connectivity index (χ2n) is 2.18. The van der Waals surface area contributed by atoms with E-state index in [1.807, 2.05) is 0 Å². The largest absolute Gasteiger partial charge is 0.503 e. The van der Waals surface area contributed by atoms with Crippen LogP contribution in [0.2, 0.25) is 0 Å². The van der Waals surface area contributed by atoms with Crippen LogP contribution in [0.5, 0.6) is 17.2 Å². The minimum absolute atomic E-state index is 0.0974. The maximum Gasteiger partial charge on any atom is 0.203 e. The number of nitrogen functional groups attached to an aromatic ring is 1. The molecule has 5 heteroatoms. The van der Waals surface area contributed by atoms with Crippen molar-refractivity contribution in [1.82, 2.24) is 0 Å². The van der Waals surface area contributed by atoms with Crippen molar-refractivity contribution in [3.63, 3.8) is 0 Å². The van der Waals surface area contributed by atoms with Gasteiger partial charge in [-0.15, -0.1) is 0 Å². The molecule has 1 aromatic carbocycles. The van der Waals surface area contributed by atoms with Crippen molar-refractivity contribution in [2.75, 3.05) is 12.8 Å². The Hall–Kier alpha value is -1.10. The predicted molar refractivity (Wildman–Crippen MR) is 48.4 cm³/mol. The molecule has 4 N–H and O–H groups in total. The quantitative estimate of drug-likeness (QED) is 0.507. The maximum absolute atomic E-state index is 9.27. The van der Waals surface area contributed by atoms with Crippen molar-refractivity contribution < 1.29 is 14.9 Å². The summed E-state index contributed by atoms with van der Waals surface area (Å²) in [6.07, 6.45) is 0. The number of aromatic hydroxyl groups is 2. The molecule has 0 aromatic heterocycles. The van der Waals surface area contributed by atoms with Crippen molar-refractivity contribution in [2.45, 2.75) is 0 Å². The highest BCUT2D eigenvalue weighted by atomic mass is 79.9. The van der Waals surface area contributed by atoms with E-state index in [2.05, 4.69) is 15.9 Å². The number of rotatable bonds is 1. The van der Waals surface area contributed by atoms with E-state index in [0.29, 0.717) is 4.47 Å². The van der Waals surface area contributed by atoms with Crippen LogP contribution >= 0.6 is 15.9 Å². The Labute approximate surface area is 77.7 Å². The topological polar surface area (TPSA) is 75.7 Å². The summed E-state index contributed by atoms with van der Waals surface area (Å²) < 4.78 is 5.30. The summed E-state index contributed by atoms with van der Waals surface area (Å²) in [7, 11) is 1.38. The summed E-state index contributed by atoms with van der Waals surface area (Å²) in [5.41, 5.74) is 5.45. The van der Waals surface area contributed by atoms with Gasteiger partial charge in [0.05, 0.1) is 17.3 Å². The summed E-state index contributed by atoms with van der Waals surface area (Å²) in [4.78, 5) is 0. The SMILES string of the molecule is COc1c(Br)cc(N)c(O)c1O. The van der Waals surface area contributed by atoms with Crippen LogP contribution in [0, 0.1) is 0 Å². The fraction of sp³-hybridized carbons (Fsp3) is 0.143. The number of phenols is 2. The first-order valence-electron chi connectivity index (χ1n) is 3.11. The van der Waals surface area contributed by atoms with E-state index in [0.717, 1.165) is 0 Å². The Morgan fingerprint density at radius 3 is 2.50 bits per heavy atom. The molecule has 4 nitrogen and oxygen atoms in total. The van der Waals surface area contributed by atoms with Crippen LogP contribution in [0.1, 0.15) is 0 Å². The smallest absolute Gasteiger partial charge is 0.203 e. The molecule has 0 saturated heterocycles. The molecule has 0 radical (unpaired) electrons. The van der Waals surface area contributed by atoms with Gasteiger partial charge in [-0.1, -0.05) is 0 Å². The first-order valence-corrected chi connectivity index (χ1v) is 3.91. The van der Waals surface area contributed by atoms with E-state index in [9.17, 15) is 5.11 Å². The second-order valence-corrected chi connectivity index (χ2v) is 3.03. The van der Waals surface area contributed by atoms with Gasteiger partial charge in [-0.2, -0.15) is 0 Å². The molecule has 0 aliphatic heterocycles. The maximum atomic E-state index is 9.27. The molecule has 0 aliphatic carbocycles. The van der Waals surface area contributed by atoms with Gasteiger partial charge in [0.15, 0.2) is 11.5 Å². The monoisotopic (exact) mass is 233 g/mol. The molecule has 1 rings (SSSR count). The Bertz CT molecular complexity index is 314. The Balaban J connectivity index is 3.40. The third kappa shape index (κ3) is 1.27. The van der Waals surface area contributed by atoms with Gasteiger partial charge in [0.1, 0.15) is 0 Å². The molecule has 0 amide bonds. The third-order valence-electron chi connectivity index (χ3n) is 1.42. The molecule has 0 aliphatic rings. The van der Waals surface area contributed by atoms with E-state index < -0.39 is 0 Å². The summed E-state index contributed by atoms with van der Waals surface area (Å²) >= 11 is 3.12. The number of hydrogen-bond acceptors (Lipinski definition) is 4. The molecule has 66 valence electrons. The number of benzene rings is 1. The molecule has 0 fully saturated rings. The zero-order valence-corrected chi connectivity index (χ0v) is 7.92. The standard InChI is InChI=1S/C7H8BrNO3/c1-12-7-3(8)2-4(9)5(10)6(7)11/h2,10-11H,9H2,1H3. The van der Waals surface area contributed by atoms with Crippen molar-refractivity contribution in [3.8, 4) is 17.2 Å². The second kappa shape index (κ2) is 3.10. The average Bonchev–Trinajstić information content (AvgIpc) is 2.01. The van der Waals surface area contributed by atoms with Crippen LogP contribution in [0.3, 0.4) is 0 Å². The molecule has 0 atom stereocenters. The number of methoxy groups -OCH3 is 1. The van der Waals surface area contributed by atoms with E-state index in [4.69, 9.17) is 15.6 Å². The van der Waals surface area contributed by atoms with Crippen molar-refractivity contribution in [1.29, 1.82) is 0 Å². The average molecular weight is 234 g/mol. The zero-order valence-electron chi connectivity index (χ0n) is 6.34. The normalized spacial score (nSPS) is 9.83. The van der Waals surface area contributed by atoms with Gasteiger partial charge in [-0.3, -0.25) is 0 Å². The summed E-state index contributed by atoms with van der Waals surface area (Å²) in [5.74, 6) is -0.555. The van der Waals surface area contributed by atoms with Crippen LogP contribution in [0.4, 0.5) is 5.69 Å². The van der Waals surface area contributed by atoms with E-state index in [1.54, 1.807) is 0 Å². The Morgan fingerprint density at radius 2 is 2.00 bits per heavy atom. The van der Waals surface area contributed by atoms with Crippen LogP contribution in [0.25, 0.3) is 0 Å². The van der Waals surface area contributed by atoms with Gasteiger partial charge >= 0.3 is 0 Å². The first kappa shape index (κ1) is 8.99. The molecule has 0 unspecified atom stereocenters. The van der Waals surface area contributed by atoms with Crippen molar-refractivity contribution >= 4 is 21.6 Å². The molecule has 0 bridgehead atoms. The predicted octanol–water partition coefficient (Wildman–Crippen LogP) is 1.45.